The van der Waals surface area contributed by atoms with E-state index in [9.17, 15) is 39.0 Å². The maximum Gasteiger partial charge on any atom is 0.252 e. The van der Waals surface area contributed by atoms with Crippen LogP contribution in [0.2, 0.25) is 0 Å². The van der Waals surface area contributed by atoms with Crippen LogP contribution in [0.25, 0.3) is 0 Å². The van der Waals surface area contributed by atoms with Crippen molar-refractivity contribution < 1.29 is 49.2 Å². The summed E-state index contributed by atoms with van der Waals surface area (Å²) in [5, 5.41) is 47.4. The van der Waals surface area contributed by atoms with Crippen molar-refractivity contribution in [1.82, 2.24) is 10.6 Å². The predicted molar refractivity (Wildman–Crippen MR) is 187 cm³/mol. The molecule has 12 N–H and O–H groups in total. The fraction of sp³-hybridized carbons (Fsp3) is 0.379. The number of hydrogen-bond acceptors (Lipinski definition) is 10. The molecule has 0 saturated heterocycles. The minimum absolute atomic E-state index is 0.0176. The summed E-state index contributed by atoms with van der Waals surface area (Å²) in [6, 6.07) is 0. The van der Waals surface area contributed by atoms with E-state index < -0.39 is 67.3 Å². The lowest BCUT2D eigenvalue weighted by Gasteiger charge is -2.21. The van der Waals surface area contributed by atoms with Crippen LogP contribution in [0.15, 0.2) is 0 Å². The maximum absolute atomic E-state index is 13.1. The van der Waals surface area contributed by atoms with E-state index in [1.165, 1.54) is 27.7 Å². The van der Waals surface area contributed by atoms with Gasteiger partial charge in [-0.05, 0) is 95.1 Å². The number of amides is 6. The maximum atomic E-state index is 13.1. The molecule has 2 unspecified atom stereocenters. The standard InChI is InChI=1S/C29H36I2N6O10/c1-10-18(26(32)44)12(3)24(22(30)20(10)28(46)34-6-14(40)8-38)36-16(42)5-17(43)37-25-13(4)19(27(33)45)11(2)21(23(25)31)29(47)35-7-15(41)9-39/h14-15,38-41H,5-9H2,1-4H3,(H2,32,44)(H2,33,45)(H,34,46)(H,35,47)(H,36,42)(H,37,43). The van der Waals surface area contributed by atoms with Crippen LogP contribution in [0.5, 0.6) is 0 Å². The van der Waals surface area contributed by atoms with Crippen LogP contribution >= 0.6 is 45.2 Å². The number of carbonyl (C=O) groups is 6. The van der Waals surface area contributed by atoms with Crippen LogP contribution in [-0.2, 0) is 9.59 Å². The second-order valence-corrected chi connectivity index (χ2v) is 12.6. The molecule has 18 heteroatoms. The molecule has 0 aliphatic heterocycles. The number of benzene rings is 2. The largest absolute Gasteiger partial charge is 0.394 e. The Bertz CT molecular complexity index is 1510. The Balaban J connectivity index is 2.46. The summed E-state index contributed by atoms with van der Waals surface area (Å²) in [7, 11) is 0. The lowest BCUT2D eigenvalue weighted by molar-refractivity contribution is -0.123. The number of nitrogens with two attached hydrogens (primary N) is 2. The highest BCUT2D eigenvalue weighted by molar-refractivity contribution is 14.1. The van der Waals surface area contributed by atoms with Gasteiger partial charge in [0.05, 0.1) is 47.9 Å². The van der Waals surface area contributed by atoms with Crippen LogP contribution < -0.4 is 32.7 Å². The molecule has 2 aromatic rings. The van der Waals surface area contributed by atoms with E-state index >= 15 is 0 Å². The fourth-order valence-electron chi connectivity index (χ4n) is 4.79. The summed E-state index contributed by atoms with van der Waals surface area (Å²) >= 11 is 3.58. The number of carbonyl (C=O) groups excluding carboxylic acids is 6. The van der Waals surface area contributed by atoms with Gasteiger partial charge in [-0.15, -0.1) is 0 Å². The van der Waals surface area contributed by atoms with Crippen molar-refractivity contribution in [2.75, 3.05) is 36.9 Å². The van der Waals surface area contributed by atoms with Gasteiger partial charge in [0.25, 0.3) is 11.8 Å². The Hall–Kier alpha value is -3.44. The van der Waals surface area contributed by atoms with Crippen LogP contribution in [0, 0.1) is 34.8 Å². The second kappa shape index (κ2) is 17.1. The molecule has 0 aromatic heterocycles. The number of halogens is 2. The first kappa shape index (κ1) is 39.7. The Morgan fingerprint density at radius 2 is 0.936 bits per heavy atom. The van der Waals surface area contributed by atoms with Gasteiger partial charge in [-0.25, -0.2) is 0 Å². The second-order valence-electron chi connectivity index (χ2n) is 10.5. The number of hydrogen-bond donors (Lipinski definition) is 10. The summed E-state index contributed by atoms with van der Waals surface area (Å²) < 4.78 is 0.425. The van der Waals surface area contributed by atoms with Crippen molar-refractivity contribution in [3.8, 4) is 0 Å². The molecule has 2 aromatic carbocycles. The Kier molecular flexibility index (Phi) is 14.5. The molecule has 47 heavy (non-hydrogen) atoms. The molecule has 0 fully saturated rings. The summed E-state index contributed by atoms with van der Waals surface area (Å²) in [4.78, 5) is 77.0. The number of rotatable bonds is 14. The Morgan fingerprint density at radius 3 is 1.21 bits per heavy atom. The van der Waals surface area contributed by atoms with Crippen molar-refractivity contribution in [3.05, 3.63) is 51.6 Å². The normalized spacial score (nSPS) is 12.1. The first-order chi connectivity index (χ1) is 21.9. The SMILES string of the molecule is Cc1c(NC(=O)CC(=O)Nc2c(C)c(C(N)=O)c(C)c(C(=O)NCC(O)CO)c2I)c(I)c(C(=O)NCC(O)CO)c(C)c1C(N)=O. The van der Waals surface area contributed by atoms with Gasteiger partial charge in [-0.3, -0.25) is 28.8 Å². The topological polar surface area (TPSA) is 283 Å². The Morgan fingerprint density at radius 1 is 0.617 bits per heavy atom. The lowest BCUT2D eigenvalue weighted by Crippen LogP contribution is -2.35. The third-order valence-corrected chi connectivity index (χ3v) is 9.25. The first-order valence-corrected chi connectivity index (χ1v) is 16.0. The highest BCUT2D eigenvalue weighted by atomic mass is 127. The number of aliphatic hydroxyl groups excluding tert-OH is 4. The van der Waals surface area contributed by atoms with Crippen molar-refractivity contribution in [2.24, 2.45) is 11.5 Å². The zero-order chi connectivity index (χ0) is 35.9. The third kappa shape index (κ3) is 9.34. The average Bonchev–Trinajstić information content (AvgIpc) is 2.98. The smallest absolute Gasteiger partial charge is 0.252 e. The van der Waals surface area contributed by atoms with E-state index in [1.54, 1.807) is 45.2 Å². The van der Waals surface area contributed by atoms with Crippen molar-refractivity contribution in [1.29, 1.82) is 0 Å². The molecule has 2 rings (SSSR count). The number of aliphatic hydroxyl groups is 4. The first-order valence-electron chi connectivity index (χ1n) is 13.9. The van der Waals surface area contributed by atoms with E-state index in [1.807, 2.05) is 0 Å². The summed E-state index contributed by atoms with van der Waals surface area (Å²) in [6.45, 7) is 4.17. The van der Waals surface area contributed by atoms with Crippen LogP contribution in [-0.4, -0.2) is 94.4 Å². The molecule has 0 bridgehead atoms. The lowest BCUT2D eigenvalue weighted by atomic mass is 9.94. The van der Waals surface area contributed by atoms with Crippen LogP contribution in [0.1, 0.15) is 70.1 Å². The highest BCUT2D eigenvalue weighted by Gasteiger charge is 2.29. The molecule has 0 radical (unpaired) electrons. The molecule has 0 heterocycles. The fourth-order valence-corrected chi connectivity index (χ4v) is 7.17. The van der Waals surface area contributed by atoms with E-state index in [0.717, 1.165) is 0 Å². The average molecular weight is 882 g/mol. The minimum Gasteiger partial charge on any atom is -0.394 e. The van der Waals surface area contributed by atoms with Crippen molar-refractivity contribution >= 4 is 92.0 Å². The summed E-state index contributed by atoms with van der Waals surface area (Å²) in [6.07, 6.45) is -3.25. The molecule has 6 amide bonds. The zero-order valence-corrected chi connectivity index (χ0v) is 30.2. The van der Waals surface area contributed by atoms with E-state index in [-0.39, 0.29) is 76.1 Å². The van der Waals surface area contributed by atoms with E-state index in [0.29, 0.717) is 0 Å². The predicted octanol–water partition coefficient (Wildman–Crippen LogP) is -0.539. The van der Waals surface area contributed by atoms with Crippen molar-refractivity contribution in [2.45, 2.75) is 46.3 Å². The van der Waals surface area contributed by atoms with Crippen molar-refractivity contribution in [3.63, 3.8) is 0 Å². The molecule has 0 aliphatic rings. The number of nitrogens with one attached hydrogen (secondary N) is 4. The molecular weight excluding hydrogens is 846 g/mol. The molecule has 2 atom stereocenters. The molecule has 16 nitrogen and oxygen atoms in total. The molecule has 0 aliphatic carbocycles. The molecule has 0 spiro atoms. The Labute approximate surface area is 296 Å². The van der Waals surface area contributed by atoms with E-state index in [4.69, 9.17) is 21.7 Å². The highest BCUT2D eigenvalue weighted by Crippen LogP contribution is 2.35. The van der Waals surface area contributed by atoms with Crippen LogP contribution in [0.4, 0.5) is 11.4 Å². The van der Waals surface area contributed by atoms with Gasteiger partial charge in [0.15, 0.2) is 0 Å². The summed E-state index contributed by atoms with van der Waals surface area (Å²) in [5.41, 5.74) is 12.0. The van der Waals surface area contributed by atoms with Gasteiger partial charge in [-0.2, -0.15) is 0 Å². The summed E-state index contributed by atoms with van der Waals surface area (Å²) in [5.74, 6) is -4.89. The number of anilines is 2. The van der Waals surface area contributed by atoms with Gasteiger partial charge in [-0.1, -0.05) is 0 Å². The van der Waals surface area contributed by atoms with Gasteiger partial charge in [0.2, 0.25) is 23.6 Å². The van der Waals surface area contributed by atoms with E-state index in [2.05, 4.69) is 21.3 Å². The zero-order valence-electron chi connectivity index (χ0n) is 25.8. The molecule has 256 valence electrons. The quantitative estimate of drug-likeness (QED) is 0.0855. The number of primary amides is 2. The third-order valence-electron chi connectivity index (χ3n) is 7.09. The van der Waals surface area contributed by atoms with Gasteiger partial charge in [0.1, 0.15) is 6.42 Å². The minimum atomic E-state index is -1.24. The monoisotopic (exact) mass is 882 g/mol. The van der Waals surface area contributed by atoms with Crippen LogP contribution in [0.3, 0.4) is 0 Å². The van der Waals surface area contributed by atoms with Gasteiger partial charge >= 0.3 is 0 Å². The van der Waals surface area contributed by atoms with Gasteiger partial charge < -0.3 is 53.2 Å². The molecular formula is C29H36I2N6O10. The molecule has 0 saturated carbocycles. The van der Waals surface area contributed by atoms with Gasteiger partial charge in [0, 0.05) is 31.4 Å².